The molecule has 0 aliphatic heterocycles. The second-order valence-electron chi connectivity index (χ2n) is 8.19. The van der Waals surface area contributed by atoms with Gasteiger partial charge in [0, 0.05) is 18.0 Å². The average Bonchev–Trinajstić information content (AvgIpc) is 3.65. The predicted molar refractivity (Wildman–Crippen MR) is 133 cm³/mol. The third-order valence-corrected chi connectivity index (χ3v) is 6.63. The van der Waals surface area contributed by atoms with E-state index in [1.54, 1.807) is 42.9 Å². The lowest BCUT2D eigenvalue weighted by Crippen LogP contribution is -2.30. The van der Waals surface area contributed by atoms with Crippen molar-refractivity contribution < 1.29 is 19.1 Å². The summed E-state index contributed by atoms with van der Waals surface area (Å²) < 4.78 is 8.31. The van der Waals surface area contributed by atoms with Crippen LogP contribution in [0.3, 0.4) is 0 Å². The highest BCUT2D eigenvalue weighted by atomic mass is 32.2. The molecule has 3 aromatic rings. The third-order valence-electron chi connectivity index (χ3n) is 5.56. The number of thioether (sulfide) groups is 1. The normalized spacial score (nSPS) is 12.7. The van der Waals surface area contributed by atoms with Gasteiger partial charge < -0.3 is 15.4 Å². The van der Waals surface area contributed by atoms with E-state index in [1.165, 1.54) is 4.68 Å². The number of esters is 1. The molecule has 0 saturated heterocycles. The van der Waals surface area contributed by atoms with Crippen molar-refractivity contribution in [3.05, 3.63) is 76.2 Å². The van der Waals surface area contributed by atoms with Crippen LogP contribution in [0.2, 0.25) is 0 Å². The molecule has 2 N–H and O–H groups in total. The summed E-state index contributed by atoms with van der Waals surface area (Å²) in [6.45, 7) is 1.41. The summed E-state index contributed by atoms with van der Waals surface area (Å²) in [5.74, 6) is -1.37. The van der Waals surface area contributed by atoms with Crippen molar-refractivity contribution in [2.45, 2.75) is 30.7 Å². The monoisotopic (exact) mass is 494 g/mol. The Kier molecular flexibility index (Phi) is 7.40. The van der Waals surface area contributed by atoms with Crippen LogP contribution >= 0.6 is 11.8 Å². The molecule has 2 amide bonds. The Morgan fingerprint density at radius 3 is 2.43 bits per heavy atom. The quantitative estimate of drug-likeness (QED) is 0.350. The van der Waals surface area contributed by atoms with Crippen molar-refractivity contribution >= 4 is 35.2 Å². The minimum absolute atomic E-state index is 0.0223. The smallest absolute Gasteiger partial charge is 0.339 e. The molecule has 1 heterocycles. The molecule has 0 unspecified atom stereocenters. The summed E-state index contributed by atoms with van der Waals surface area (Å²) in [5.41, 5.74) is 1.45. The maximum Gasteiger partial charge on any atom is 0.339 e. The van der Waals surface area contributed by atoms with E-state index in [2.05, 4.69) is 10.6 Å². The molecule has 1 aliphatic rings. The molecule has 1 aliphatic carbocycles. The lowest BCUT2D eigenvalue weighted by Gasteiger charge is -2.10. The summed E-state index contributed by atoms with van der Waals surface area (Å²) in [6, 6.07) is 16.1. The number of anilines is 1. The molecule has 2 aromatic carbocycles. The highest BCUT2D eigenvalue weighted by Crippen LogP contribution is 2.24. The minimum atomic E-state index is -0.635. The van der Waals surface area contributed by atoms with Gasteiger partial charge in [-0.05, 0) is 44.0 Å². The van der Waals surface area contributed by atoms with Crippen LogP contribution in [0.5, 0.6) is 0 Å². The number of amides is 2. The van der Waals surface area contributed by atoms with Crippen LogP contribution in [-0.4, -0.2) is 45.5 Å². The van der Waals surface area contributed by atoms with E-state index in [4.69, 9.17) is 4.74 Å². The molecule has 1 aromatic heterocycles. The standard InChI is InChI=1S/C25H26N4O5S/c1-16-23(24(32)29(28(16)2)18-8-4-3-5-9-18)27-22(31)15-35-20-11-7-6-10-19(20)25(33)34-14-21(30)26-17-12-13-17/h3-11,17H,12-15H2,1-2H3,(H,26,30)(H,27,31). The van der Waals surface area contributed by atoms with Crippen LogP contribution in [0.25, 0.3) is 5.69 Å². The number of ether oxygens (including phenoxy) is 1. The second kappa shape index (κ2) is 10.6. The summed E-state index contributed by atoms with van der Waals surface area (Å²) in [7, 11) is 1.75. The molecule has 10 heteroatoms. The first-order chi connectivity index (χ1) is 16.8. The number of nitrogens with one attached hydrogen (secondary N) is 2. The lowest BCUT2D eigenvalue weighted by molar-refractivity contribution is -0.124. The van der Waals surface area contributed by atoms with Gasteiger partial charge in [-0.25, -0.2) is 9.48 Å². The van der Waals surface area contributed by atoms with Crippen molar-refractivity contribution in [3.8, 4) is 5.69 Å². The van der Waals surface area contributed by atoms with Crippen molar-refractivity contribution in [2.24, 2.45) is 7.05 Å². The van der Waals surface area contributed by atoms with Gasteiger partial charge in [0.15, 0.2) is 6.61 Å². The number of hydrogen-bond donors (Lipinski definition) is 2. The number of carbonyl (C=O) groups excluding carboxylic acids is 3. The number of rotatable bonds is 9. The largest absolute Gasteiger partial charge is 0.452 e. The minimum Gasteiger partial charge on any atom is -0.452 e. The summed E-state index contributed by atoms with van der Waals surface area (Å²) in [5, 5.41) is 5.47. The Labute approximate surface area is 206 Å². The van der Waals surface area contributed by atoms with Crippen LogP contribution in [-0.2, 0) is 21.4 Å². The number of benzene rings is 2. The summed E-state index contributed by atoms with van der Waals surface area (Å²) in [4.78, 5) is 50.5. The van der Waals surface area contributed by atoms with Gasteiger partial charge in [0.1, 0.15) is 5.69 Å². The maximum atomic E-state index is 13.0. The fraction of sp³-hybridized carbons (Fsp3) is 0.280. The van der Waals surface area contributed by atoms with Crippen LogP contribution in [0.15, 0.2) is 64.3 Å². The zero-order valence-corrected chi connectivity index (χ0v) is 20.3. The number of nitrogens with zero attached hydrogens (tertiary/aromatic N) is 2. The Hall–Kier alpha value is -3.79. The van der Waals surface area contributed by atoms with E-state index in [0.717, 1.165) is 24.6 Å². The molecule has 1 fully saturated rings. The third kappa shape index (κ3) is 5.83. The Bertz CT molecular complexity index is 1310. The fourth-order valence-corrected chi connectivity index (χ4v) is 4.34. The molecule has 35 heavy (non-hydrogen) atoms. The van der Waals surface area contributed by atoms with Gasteiger partial charge in [-0.2, -0.15) is 0 Å². The summed E-state index contributed by atoms with van der Waals surface area (Å²) >= 11 is 1.15. The van der Waals surface area contributed by atoms with E-state index in [0.29, 0.717) is 16.3 Å². The molecule has 182 valence electrons. The van der Waals surface area contributed by atoms with Crippen molar-refractivity contribution in [3.63, 3.8) is 0 Å². The van der Waals surface area contributed by atoms with Gasteiger partial charge in [-0.3, -0.25) is 19.1 Å². The zero-order chi connectivity index (χ0) is 24.9. The van der Waals surface area contributed by atoms with Gasteiger partial charge >= 0.3 is 5.97 Å². The maximum absolute atomic E-state index is 13.0. The summed E-state index contributed by atoms with van der Waals surface area (Å²) in [6.07, 6.45) is 1.90. The Morgan fingerprint density at radius 2 is 1.71 bits per heavy atom. The number of para-hydroxylation sites is 1. The molecule has 4 rings (SSSR count). The van der Waals surface area contributed by atoms with Gasteiger partial charge in [0.2, 0.25) is 5.91 Å². The van der Waals surface area contributed by atoms with E-state index in [9.17, 15) is 19.2 Å². The molecular weight excluding hydrogens is 468 g/mol. The van der Waals surface area contributed by atoms with Crippen molar-refractivity contribution in [1.29, 1.82) is 0 Å². The Morgan fingerprint density at radius 1 is 1.03 bits per heavy atom. The number of carbonyl (C=O) groups is 3. The first kappa shape index (κ1) is 24.3. The Balaban J connectivity index is 1.39. The van der Waals surface area contributed by atoms with Crippen LogP contribution in [0.4, 0.5) is 5.69 Å². The predicted octanol–water partition coefficient (Wildman–Crippen LogP) is 2.65. The van der Waals surface area contributed by atoms with Gasteiger partial charge in [0.05, 0.1) is 22.7 Å². The highest BCUT2D eigenvalue weighted by Gasteiger charge is 2.24. The number of hydrogen-bond acceptors (Lipinski definition) is 6. The molecule has 0 atom stereocenters. The number of aromatic nitrogens is 2. The molecule has 1 saturated carbocycles. The van der Waals surface area contributed by atoms with Crippen molar-refractivity contribution in [2.75, 3.05) is 17.7 Å². The van der Waals surface area contributed by atoms with Crippen LogP contribution < -0.4 is 16.2 Å². The molecule has 0 radical (unpaired) electrons. The SMILES string of the molecule is Cc1c(NC(=O)CSc2ccccc2C(=O)OCC(=O)NC2CC2)c(=O)n(-c2ccccc2)n1C. The molecule has 0 bridgehead atoms. The van der Waals surface area contributed by atoms with E-state index in [1.807, 2.05) is 30.3 Å². The highest BCUT2D eigenvalue weighted by molar-refractivity contribution is 8.00. The zero-order valence-electron chi connectivity index (χ0n) is 19.4. The lowest BCUT2D eigenvalue weighted by atomic mass is 10.2. The first-order valence-electron chi connectivity index (χ1n) is 11.2. The van der Waals surface area contributed by atoms with E-state index < -0.39 is 5.97 Å². The molecule has 9 nitrogen and oxygen atoms in total. The second-order valence-corrected chi connectivity index (χ2v) is 9.20. The van der Waals surface area contributed by atoms with Crippen LogP contribution in [0, 0.1) is 6.92 Å². The average molecular weight is 495 g/mol. The van der Waals surface area contributed by atoms with Crippen LogP contribution in [0.1, 0.15) is 28.9 Å². The topological polar surface area (TPSA) is 111 Å². The van der Waals surface area contributed by atoms with Gasteiger partial charge in [0.25, 0.3) is 11.5 Å². The van der Waals surface area contributed by atoms with Crippen molar-refractivity contribution in [1.82, 2.24) is 14.7 Å². The van der Waals surface area contributed by atoms with E-state index in [-0.39, 0.29) is 47.0 Å². The van der Waals surface area contributed by atoms with Gasteiger partial charge in [-0.1, -0.05) is 30.3 Å². The van der Waals surface area contributed by atoms with Gasteiger partial charge in [-0.15, -0.1) is 11.8 Å². The fourth-order valence-electron chi connectivity index (χ4n) is 3.50. The molecular formula is C25H26N4O5S. The first-order valence-corrected chi connectivity index (χ1v) is 12.2. The molecule has 0 spiro atoms. The van der Waals surface area contributed by atoms with E-state index >= 15 is 0 Å².